The third-order valence-electron chi connectivity index (χ3n) is 5.16. The molecule has 3 heterocycles. The van der Waals surface area contributed by atoms with Crippen LogP contribution in [0.2, 0.25) is 0 Å². The summed E-state index contributed by atoms with van der Waals surface area (Å²) in [6.07, 6.45) is 3.81. The second-order valence-corrected chi connectivity index (χ2v) is 8.26. The summed E-state index contributed by atoms with van der Waals surface area (Å²) in [6, 6.07) is 6.32. The molecule has 2 aromatic heterocycles. The zero-order valence-electron chi connectivity index (χ0n) is 16.0. The van der Waals surface area contributed by atoms with E-state index in [-0.39, 0.29) is 24.2 Å². The number of aryl methyl sites for hydroxylation is 2. The molecule has 2 N–H and O–H groups in total. The van der Waals surface area contributed by atoms with Gasteiger partial charge in [-0.3, -0.25) is 9.59 Å². The van der Waals surface area contributed by atoms with Crippen LogP contribution in [0.1, 0.15) is 29.5 Å². The molecule has 146 valence electrons. The Morgan fingerprint density at radius 2 is 2.25 bits per heavy atom. The molecule has 0 bridgehead atoms. The van der Waals surface area contributed by atoms with Crippen LogP contribution in [-0.2, 0) is 22.4 Å². The van der Waals surface area contributed by atoms with Crippen LogP contribution in [0, 0.1) is 12.8 Å². The molecule has 1 aliphatic rings. The maximum Gasteiger partial charge on any atom is 0.231 e. The standard InChI is InChI=1S/C20H23N5O2S/c1-3-17-23-24-20(28-17)22-19(27)14-9-18(26)25(11-14)7-6-13-10-21-16-5-4-12(2)8-15(13)16/h4-5,8,10,14,21H,3,6-7,9,11H2,1-2H3,(H,22,24,27). The fourth-order valence-corrected chi connectivity index (χ4v) is 4.26. The topological polar surface area (TPSA) is 91.0 Å². The lowest BCUT2D eigenvalue weighted by atomic mass is 10.1. The van der Waals surface area contributed by atoms with E-state index in [1.165, 1.54) is 27.8 Å². The maximum atomic E-state index is 12.5. The number of rotatable bonds is 6. The Hall–Kier alpha value is -2.74. The summed E-state index contributed by atoms with van der Waals surface area (Å²) in [5, 5.41) is 13.4. The van der Waals surface area contributed by atoms with Crippen molar-refractivity contribution in [2.45, 2.75) is 33.1 Å². The number of hydrogen-bond donors (Lipinski definition) is 2. The largest absolute Gasteiger partial charge is 0.361 e. The number of anilines is 1. The molecule has 2 amide bonds. The van der Waals surface area contributed by atoms with E-state index in [0.29, 0.717) is 18.2 Å². The van der Waals surface area contributed by atoms with Crippen molar-refractivity contribution in [1.82, 2.24) is 20.1 Å². The van der Waals surface area contributed by atoms with Crippen molar-refractivity contribution in [3.63, 3.8) is 0 Å². The molecule has 1 saturated heterocycles. The van der Waals surface area contributed by atoms with Crippen molar-refractivity contribution in [3.8, 4) is 0 Å². The quantitative estimate of drug-likeness (QED) is 0.669. The first-order valence-corrected chi connectivity index (χ1v) is 10.3. The van der Waals surface area contributed by atoms with Crippen molar-refractivity contribution in [3.05, 3.63) is 40.5 Å². The van der Waals surface area contributed by atoms with Crippen molar-refractivity contribution in [1.29, 1.82) is 0 Å². The lowest BCUT2D eigenvalue weighted by molar-refractivity contribution is -0.128. The van der Waals surface area contributed by atoms with Crippen LogP contribution in [-0.4, -0.2) is 45.0 Å². The van der Waals surface area contributed by atoms with Crippen molar-refractivity contribution >= 4 is 39.2 Å². The molecular weight excluding hydrogens is 374 g/mol. The fourth-order valence-electron chi connectivity index (χ4n) is 3.57. The molecule has 1 aliphatic heterocycles. The Morgan fingerprint density at radius 1 is 1.39 bits per heavy atom. The van der Waals surface area contributed by atoms with E-state index >= 15 is 0 Å². The minimum absolute atomic E-state index is 0.0303. The summed E-state index contributed by atoms with van der Waals surface area (Å²) in [7, 11) is 0. The highest BCUT2D eigenvalue weighted by Crippen LogP contribution is 2.24. The van der Waals surface area contributed by atoms with Gasteiger partial charge in [0.2, 0.25) is 16.9 Å². The average Bonchev–Trinajstić information content (AvgIpc) is 3.38. The third-order valence-corrected chi connectivity index (χ3v) is 6.14. The zero-order valence-corrected chi connectivity index (χ0v) is 16.8. The van der Waals surface area contributed by atoms with Crippen LogP contribution >= 0.6 is 11.3 Å². The Kier molecular flexibility index (Phi) is 5.13. The molecule has 0 radical (unpaired) electrons. The molecule has 1 aromatic carbocycles. The number of nitrogens with one attached hydrogen (secondary N) is 2. The van der Waals surface area contributed by atoms with E-state index in [9.17, 15) is 9.59 Å². The number of aromatic amines is 1. The summed E-state index contributed by atoms with van der Waals surface area (Å²) in [4.78, 5) is 29.9. The normalized spacial score (nSPS) is 16.9. The van der Waals surface area contributed by atoms with Gasteiger partial charge in [0.25, 0.3) is 0 Å². The van der Waals surface area contributed by atoms with Gasteiger partial charge in [-0.15, -0.1) is 10.2 Å². The first-order valence-electron chi connectivity index (χ1n) is 9.51. The summed E-state index contributed by atoms with van der Waals surface area (Å²) in [6.45, 7) is 5.13. The Morgan fingerprint density at radius 3 is 3.04 bits per heavy atom. The summed E-state index contributed by atoms with van der Waals surface area (Å²) >= 11 is 1.38. The van der Waals surface area contributed by atoms with Gasteiger partial charge in [-0.05, 0) is 37.5 Å². The van der Waals surface area contributed by atoms with Crippen LogP contribution in [0.15, 0.2) is 24.4 Å². The third kappa shape index (κ3) is 3.77. The monoisotopic (exact) mass is 397 g/mol. The Bertz CT molecular complexity index is 1020. The minimum atomic E-state index is -0.341. The van der Waals surface area contributed by atoms with Gasteiger partial charge >= 0.3 is 0 Å². The molecule has 1 unspecified atom stereocenters. The molecule has 1 atom stereocenters. The molecular formula is C20H23N5O2S. The van der Waals surface area contributed by atoms with E-state index < -0.39 is 0 Å². The van der Waals surface area contributed by atoms with E-state index in [0.717, 1.165) is 23.4 Å². The van der Waals surface area contributed by atoms with Gasteiger partial charge in [-0.25, -0.2) is 0 Å². The lowest BCUT2D eigenvalue weighted by Gasteiger charge is -2.16. The molecule has 0 spiro atoms. The number of benzene rings is 1. The van der Waals surface area contributed by atoms with E-state index in [1.807, 2.05) is 13.1 Å². The molecule has 1 fully saturated rings. The number of carbonyl (C=O) groups is 2. The number of amides is 2. The summed E-state index contributed by atoms with van der Waals surface area (Å²) < 4.78 is 0. The summed E-state index contributed by atoms with van der Waals surface area (Å²) in [5.74, 6) is -0.466. The molecule has 8 heteroatoms. The number of hydrogen-bond acceptors (Lipinski definition) is 5. The highest BCUT2D eigenvalue weighted by molar-refractivity contribution is 7.15. The van der Waals surface area contributed by atoms with E-state index in [1.54, 1.807) is 4.90 Å². The summed E-state index contributed by atoms with van der Waals surface area (Å²) in [5.41, 5.74) is 3.51. The first-order chi connectivity index (χ1) is 13.5. The number of nitrogens with zero attached hydrogens (tertiary/aromatic N) is 3. The van der Waals surface area contributed by atoms with Crippen LogP contribution in [0.5, 0.6) is 0 Å². The highest BCUT2D eigenvalue weighted by atomic mass is 32.1. The highest BCUT2D eigenvalue weighted by Gasteiger charge is 2.34. The number of H-pyrrole nitrogens is 1. The molecule has 3 aromatic rings. The van der Waals surface area contributed by atoms with Gasteiger partial charge in [0.05, 0.1) is 5.92 Å². The Balaban J connectivity index is 1.36. The Labute approximate surface area is 167 Å². The second kappa shape index (κ2) is 7.71. The molecule has 7 nitrogen and oxygen atoms in total. The molecule has 0 saturated carbocycles. The van der Waals surface area contributed by atoms with Crippen LogP contribution in [0.3, 0.4) is 0 Å². The van der Waals surface area contributed by atoms with Crippen LogP contribution in [0.4, 0.5) is 5.13 Å². The SMILES string of the molecule is CCc1nnc(NC(=O)C2CC(=O)N(CCc3c[nH]c4ccc(C)cc34)C2)s1. The molecule has 0 aliphatic carbocycles. The number of aromatic nitrogens is 3. The number of fused-ring (bicyclic) bond motifs is 1. The molecule has 28 heavy (non-hydrogen) atoms. The number of likely N-dealkylation sites (tertiary alicyclic amines) is 1. The predicted molar refractivity (Wildman–Crippen MR) is 109 cm³/mol. The van der Waals surface area contributed by atoms with Crippen molar-refractivity contribution in [2.24, 2.45) is 5.92 Å². The average molecular weight is 398 g/mol. The zero-order chi connectivity index (χ0) is 19.7. The van der Waals surface area contributed by atoms with E-state index in [4.69, 9.17) is 0 Å². The van der Waals surface area contributed by atoms with Crippen LogP contribution < -0.4 is 5.32 Å². The van der Waals surface area contributed by atoms with Gasteiger partial charge in [-0.1, -0.05) is 29.9 Å². The second-order valence-electron chi connectivity index (χ2n) is 7.20. The van der Waals surface area contributed by atoms with E-state index in [2.05, 4.69) is 45.6 Å². The predicted octanol–water partition coefficient (Wildman–Crippen LogP) is 2.92. The van der Waals surface area contributed by atoms with Gasteiger partial charge in [0.1, 0.15) is 5.01 Å². The van der Waals surface area contributed by atoms with Gasteiger partial charge in [-0.2, -0.15) is 0 Å². The van der Waals surface area contributed by atoms with Gasteiger partial charge in [0, 0.05) is 36.6 Å². The van der Waals surface area contributed by atoms with Crippen LogP contribution in [0.25, 0.3) is 10.9 Å². The van der Waals surface area contributed by atoms with Gasteiger partial charge < -0.3 is 15.2 Å². The smallest absolute Gasteiger partial charge is 0.231 e. The first kappa shape index (κ1) is 18.6. The van der Waals surface area contributed by atoms with Crippen molar-refractivity contribution in [2.75, 3.05) is 18.4 Å². The fraction of sp³-hybridized carbons (Fsp3) is 0.400. The maximum absolute atomic E-state index is 12.5. The van der Waals surface area contributed by atoms with Crippen molar-refractivity contribution < 1.29 is 9.59 Å². The minimum Gasteiger partial charge on any atom is -0.361 e. The molecule has 4 rings (SSSR count). The van der Waals surface area contributed by atoms with Gasteiger partial charge in [0.15, 0.2) is 0 Å². The lowest BCUT2D eigenvalue weighted by Crippen LogP contribution is -2.30. The number of carbonyl (C=O) groups excluding carboxylic acids is 2.